The molecule has 5 heteroatoms. The van der Waals surface area contributed by atoms with Crippen LogP contribution in [0.25, 0.3) is 0 Å². The van der Waals surface area contributed by atoms with Gasteiger partial charge < -0.3 is 5.32 Å². The molecule has 1 fully saturated rings. The van der Waals surface area contributed by atoms with E-state index in [1.807, 2.05) is 6.07 Å². The Morgan fingerprint density at radius 2 is 2.10 bits per heavy atom. The van der Waals surface area contributed by atoms with Crippen LogP contribution in [0.3, 0.4) is 0 Å². The summed E-state index contributed by atoms with van der Waals surface area (Å²) in [6.07, 6.45) is 3.59. The van der Waals surface area contributed by atoms with Crippen LogP contribution in [0, 0.1) is 27.9 Å². The number of nitro benzene ring substituents is 1. The third kappa shape index (κ3) is 3.88. The van der Waals surface area contributed by atoms with Crippen molar-refractivity contribution in [2.45, 2.75) is 46.1 Å². The van der Waals surface area contributed by atoms with Crippen molar-refractivity contribution in [3.8, 4) is 0 Å². The van der Waals surface area contributed by atoms with Crippen LogP contribution < -0.4 is 5.32 Å². The summed E-state index contributed by atoms with van der Waals surface area (Å²) in [5.41, 5.74) is 0.752. The lowest BCUT2D eigenvalue weighted by molar-refractivity contribution is -0.384. The Bertz CT molecular complexity index is 519. The van der Waals surface area contributed by atoms with E-state index in [9.17, 15) is 10.1 Å². The van der Waals surface area contributed by atoms with Crippen molar-refractivity contribution in [1.82, 2.24) is 0 Å². The van der Waals surface area contributed by atoms with Gasteiger partial charge in [0.25, 0.3) is 5.69 Å². The van der Waals surface area contributed by atoms with Gasteiger partial charge in [0.15, 0.2) is 0 Å². The first-order chi connectivity index (χ1) is 9.88. The summed E-state index contributed by atoms with van der Waals surface area (Å²) in [6.45, 7) is 6.77. The van der Waals surface area contributed by atoms with Gasteiger partial charge in [-0.25, -0.2) is 0 Å². The molecule has 3 unspecified atom stereocenters. The summed E-state index contributed by atoms with van der Waals surface area (Å²) < 4.78 is 0. The SMILES string of the molecule is CC1CCC(C(C)C)C(Nc2ccc(Cl)c([N+](=O)[O-])c2)C1. The van der Waals surface area contributed by atoms with Crippen molar-refractivity contribution in [3.63, 3.8) is 0 Å². The number of halogens is 1. The first kappa shape index (κ1) is 16.1. The average molecular weight is 311 g/mol. The standard InChI is InChI=1S/C16H23ClN2O2/c1-10(2)13-6-4-11(3)8-15(13)18-12-5-7-14(17)16(9-12)19(20)21/h5,7,9-11,13,15,18H,4,6,8H2,1-3H3. The predicted molar refractivity (Wildman–Crippen MR) is 86.9 cm³/mol. The number of nitro groups is 1. The van der Waals surface area contributed by atoms with Gasteiger partial charge in [-0.15, -0.1) is 0 Å². The van der Waals surface area contributed by atoms with E-state index in [1.165, 1.54) is 12.8 Å². The molecule has 0 aliphatic heterocycles. The number of rotatable bonds is 4. The molecule has 21 heavy (non-hydrogen) atoms. The van der Waals surface area contributed by atoms with E-state index in [0.717, 1.165) is 12.1 Å². The summed E-state index contributed by atoms with van der Waals surface area (Å²) in [4.78, 5) is 10.6. The van der Waals surface area contributed by atoms with Gasteiger partial charge in [0, 0.05) is 17.8 Å². The topological polar surface area (TPSA) is 55.2 Å². The van der Waals surface area contributed by atoms with E-state index in [0.29, 0.717) is 23.8 Å². The van der Waals surface area contributed by atoms with Crippen LogP contribution in [0.2, 0.25) is 5.02 Å². The van der Waals surface area contributed by atoms with Gasteiger partial charge in [0.1, 0.15) is 5.02 Å². The van der Waals surface area contributed by atoms with E-state index in [2.05, 4.69) is 26.1 Å². The predicted octanol–water partition coefficient (Wildman–Crippen LogP) is 5.12. The Morgan fingerprint density at radius 3 is 2.71 bits per heavy atom. The Kier molecular flexibility index (Phi) is 5.09. The Morgan fingerprint density at radius 1 is 1.38 bits per heavy atom. The summed E-state index contributed by atoms with van der Waals surface area (Å²) >= 11 is 5.87. The third-order valence-electron chi connectivity index (χ3n) is 4.52. The molecule has 0 radical (unpaired) electrons. The molecule has 116 valence electrons. The highest BCUT2D eigenvalue weighted by Crippen LogP contribution is 2.36. The van der Waals surface area contributed by atoms with Gasteiger partial charge in [-0.2, -0.15) is 0 Å². The molecular formula is C16H23ClN2O2. The zero-order chi connectivity index (χ0) is 15.6. The van der Waals surface area contributed by atoms with E-state index >= 15 is 0 Å². The summed E-state index contributed by atoms with van der Waals surface area (Å²) in [7, 11) is 0. The minimum Gasteiger partial charge on any atom is -0.382 e. The van der Waals surface area contributed by atoms with Gasteiger partial charge >= 0.3 is 0 Å². The van der Waals surface area contributed by atoms with Gasteiger partial charge in [0.2, 0.25) is 0 Å². The smallest absolute Gasteiger partial charge is 0.289 e. The normalized spacial score (nSPS) is 25.9. The monoisotopic (exact) mass is 310 g/mol. The Labute approximate surface area is 131 Å². The molecule has 0 heterocycles. The third-order valence-corrected chi connectivity index (χ3v) is 4.84. The molecule has 1 aliphatic carbocycles. The van der Waals surface area contributed by atoms with Gasteiger partial charge in [0.05, 0.1) is 4.92 Å². The fourth-order valence-corrected chi connectivity index (χ4v) is 3.51. The highest BCUT2D eigenvalue weighted by Gasteiger charge is 2.30. The number of nitrogens with zero attached hydrogens (tertiary/aromatic N) is 1. The molecule has 0 aromatic heterocycles. The lowest BCUT2D eigenvalue weighted by Gasteiger charge is -2.38. The fourth-order valence-electron chi connectivity index (χ4n) is 3.32. The minimum absolute atomic E-state index is 0.0355. The second kappa shape index (κ2) is 6.65. The van der Waals surface area contributed by atoms with E-state index in [4.69, 9.17) is 11.6 Å². The molecule has 0 amide bonds. The Balaban J connectivity index is 2.18. The maximum atomic E-state index is 11.0. The second-order valence-electron chi connectivity index (χ2n) is 6.50. The van der Waals surface area contributed by atoms with Crippen LogP contribution in [0.15, 0.2) is 18.2 Å². The fraction of sp³-hybridized carbons (Fsp3) is 0.625. The Hall–Kier alpha value is -1.29. The van der Waals surface area contributed by atoms with Crippen molar-refractivity contribution < 1.29 is 4.92 Å². The number of anilines is 1. The molecule has 2 rings (SSSR count). The van der Waals surface area contributed by atoms with E-state index in [1.54, 1.807) is 12.1 Å². The van der Waals surface area contributed by atoms with Crippen LogP contribution in [0.5, 0.6) is 0 Å². The number of nitrogens with one attached hydrogen (secondary N) is 1. The van der Waals surface area contributed by atoms with Gasteiger partial charge in [-0.1, -0.05) is 38.8 Å². The first-order valence-electron chi connectivity index (χ1n) is 7.59. The molecule has 0 bridgehead atoms. The summed E-state index contributed by atoms with van der Waals surface area (Å²) in [5, 5.41) is 14.7. The lowest BCUT2D eigenvalue weighted by atomic mass is 9.74. The highest BCUT2D eigenvalue weighted by atomic mass is 35.5. The highest BCUT2D eigenvalue weighted by molar-refractivity contribution is 6.32. The second-order valence-corrected chi connectivity index (χ2v) is 6.91. The number of benzene rings is 1. The quantitative estimate of drug-likeness (QED) is 0.620. The van der Waals surface area contributed by atoms with Crippen LogP contribution in [0.4, 0.5) is 11.4 Å². The van der Waals surface area contributed by atoms with Crippen molar-refractivity contribution in [3.05, 3.63) is 33.3 Å². The van der Waals surface area contributed by atoms with Crippen molar-refractivity contribution in [1.29, 1.82) is 0 Å². The molecule has 4 nitrogen and oxygen atoms in total. The molecule has 0 spiro atoms. The molecular weight excluding hydrogens is 288 g/mol. The largest absolute Gasteiger partial charge is 0.382 e. The number of hydrogen-bond donors (Lipinski definition) is 1. The van der Waals surface area contributed by atoms with Gasteiger partial charge in [-0.05, 0) is 42.7 Å². The zero-order valence-corrected chi connectivity index (χ0v) is 13.6. The number of hydrogen-bond acceptors (Lipinski definition) is 3. The molecule has 3 atom stereocenters. The van der Waals surface area contributed by atoms with Crippen LogP contribution >= 0.6 is 11.6 Å². The van der Waals surface area contributed by atoms with Crippen molar-refractivity contribution >= 4 is 23.0 Å². The summed E-state index contributed by atoms with van der Waals surface area (Å²) in [6, 6.07) is 5.33. The van der Waals surface area contributed by atoms with Crippen molar-refractivity contribution in [2.75, 3.05) is 5.32 Å². The van der Waals surface area contributed by atoms with E-state index in [-0.39, 0.29) is 10.7 Å². The van der Waals surface area contributed by atoms with E-state index < -0.39 is 4.92 Å². The molecule has 1 aromatic rings. The molecule has 1 aromatic carbocycles. The molecule has 1 saturated carbocycles. The lowest BCUT2D eigenvalue weighted by Crippen LogP contribution is -2.37. The van der Waals surface area contributed by atoms with Crippen LogP contribution in [-0.4, -0.2) is 11.0 Å². The molecule has 0 saturated heterocycles. The van der Waals surface area contributed by atoms with Crippen molar-refractivity contribution in [2.24, 2.45) is 17.8 Å². The maximum Gasteiger partial charge on any atom is 0.289 e. The zero-order valence-electron chi connectivity index (χ0n) is 12.8. The molecule has 1 N–H and O–H groups in total. The minimum atomic E-state index is -0.434. The average Bonchev–Trinajstić information content (AvgIpc) is 2.40. The maximum absolute atomic E-state index is 11.0. The first-order valence-corrected chi connectivity index (χ1v) is 7.96. The van der Waals surface area contributed by atoms with Crippen LogP contribution in [-0.2, 0) is 0 Å². The van der Waals surface area contributed by atoms with Gasteiger partial charge in [-0.3, -0.25) is 10.1 Å². The molecule has 1 aliphatic rings. The van der Waals surface area contributed by atoms with Crippen LogP contribution in [0.1, 0.15) is 40.0 Å². The summed E-state index contributed by atoms with van der Waals surface area (Å²) in [5.74, 6) is 1.91.